The number of nitrogens with one attached hydrogen (secondary N) is 1. The van der Waals surface area contributed by atoms with Gasteiger partial charge in [0.1, 0.15) is 6.33 Å². The predicted octanol–water partition coefficient (Wildman–Crippen LogP) is 1.96. The van der Waals surface area contributed by atoms with Gasteiger partial charge >= 0.3 is 0 Å². The van der Waals surface area contributed by atoms with Crippen molar-refractivity contribution in [2.24, 2.45) is 0 Å². The highest BCUT2D eigenvalue weighted by Gasteiger charge is 2.06. The number of nitrogens with zero attached hydrogens (tertiary/aromatic N) is 3. The van der Waals surface area contributed by atoms with E-state index < -0.39 is 0 Å². The topological polar surface area (TPSA) is 63.7 Å². The third kappa shape index (κ3) is 2.36. The maximum atomic E-state index is 5.56. The molecule has 5 nitrogen and oxygen atoms in total. The van der Waals surface area contributed by atoms with Gasteiger partial charge in [0.25, 0.3) is 0 Å². The Labute approximate surface area is 93.9 Å². The molecule has 0 amide bonds. The number of aromatic nitrogens is 4. The Kier molecular flexibility index (Phi) is 2.85. The molecule has 0 aliphatic heterocycles. The molecule has 0 radical (unpaired) electrons. The van der Waals surface area contributed by atoms with Crippen LogP contribution in [0.1, 0.15) is 19.5 Å². The Balaban J connectivity index is 2.36. The number of aryl methyl sites for hydroxylation is 1. The largest absolute Gasteiger partial charge is 0.475 e. The molecular formula is C11H14N4O. The van der Waals surface area contributed by atoms with Crippen molar-refractivity contribution in [3.63, 3.8) is 0 Å². The number of hydrogen-bond acceptors (Lipinski definition) is 4. The molecule has 0 saturated carbocycles. The Bertz CT molecular complexity index is 465. The molecule has 0 aliphatic carbocycles. The maximum absolute atomic E-state index is 5.56. The van der Waals surface area contributed by atoms with Crippen LogP contribution in [-0.2, 0) is 0 Å². The van der Waals surface area contributed by atoms with Crippen LogP contribution < -0.4 is 4.74 Å². The molecule has 0 aromatic carbocycles. The molecule has 2 aromatic heterocycles. The van der Waals surface area contributed by atoms with Gasteiger partial charge in [-0.3, -0.25) is 5.10 Å². The zero-order chi connectivity index (χ0) is 11.5. The average Bonchev–Trinajstić information content (AvgIpc) is 2.67. The highest BCUT2D eigenvalue weighted by molar-refractivity contribution is 5.56. The summed E-state index contributed by atoms with van der Waals surface area (Å²) in [6.07, 6.45) is 1.59. The summed E-state index contributed by atoms with van der Waals surface area (Å²) < 4.78 is 5.56. The lowest BCUT2D eigenvalue weighted by Gasteiger charge is -2.10. The first-order valence-electron chi connectivity index (χ1n) is 5.16. The molecule has 0 unspecified atom stereocenters. The first kappa shape index (κ1) is 10.6. The Morgan fingerprint density at radius 2 is 2.12 bits per heavy atom. The molecular weight excluding hydrogens is 204 g/mol. The summed E-state index contributed by atoms with van der Waals surface area (Å²) in [6, 6.07) is 3.79. The average molecular weight is 218 g/mol. The van der Waals surface area contributed by atoms with E-state index in [9.17, 15) is 0 Å². The molecule has 0 fully saturated rings. The van der Waals surface area contributed by atoms with Crippen LogP contribution in [0.15, 0.2) is 18.5 Å². The van der Waals surface area contributed by atoms with Crippen LogP contribution in [0.3, 0.4) is 0 Å². The predicted molar refractivity (Wildman–Crippen MR) is 60.1 cm³/mol. The quantitative estimate of drug-likeness (QED) is 0.855. The van der Waals surface area contributed by atoms with Gasteiger partial charge in [-0.25, -0.2) is 9.97 Å². The second-order valence-corrected chi connectivity index (χ2v) is 3.84. The van der Waals surface area contributed by atoms with Gasteiger partial charge in [-0.2, -0.15) is 5.10 Å². The monoisotopic (exact) mass is 218 g/mol. The van der Waals surface area contributed by atoms with Crippen molar-refractivity contribution in [3.8, 4) is 17.3 Å². The lowest BCUT2D eigenvalue weighted by molar-refractivity contribution is 0.232. The van der Waals surface area contributed by atoms with Crippen LogP contribution in [0.5, 0.6) is 5.88 Å². The van der Waals surface area contributed by atoms with Crippen LogP contribution >= 0.6 is 0 Å². The lowest BCUT2D eigenvalue weighted by atomic mass is 10.2. The molecule has 0 bridgehead atoms. The number of pyridine rings is 1. The fourth-order valence-corrected chi connectivity index (χ4v) is 1.42. The summed E-state index contributed by atoms with van der Waals surface area (Å²) >= 11 is 0. The third-order valence-electron chi connectivity index (χ3n) is 1.97. The summed E-state index contributed by atoms with van der Waals surface area (Å²) in [5.41, 5.74) is 1.82. The maximum Gasteiger partial charge on any atom is 0.214 e. The Hall–Kier alpha value is -1.91. The number of ether oxygens (including phenoxy) is 1. The van der Waals surface area contributed by atoms with Gasteiger partial charge in [0, 0.05) is 17.3 Å². The van der Waals surface area contributed by atoms with Gasteiger partial charge in [-0.1, -0.05) is 0 Å². The first-order valence-corrected chi connectivity index (χ1v) is 5.16. The highest BCUT2D eigenvalue weighted by Crippen LogP contribution is 2.20. The van der Waals surface area contributed by atoms with Crippen molar-refractivity contribution in [3.05, 3.63) is 24.2 Å². The second kappa shape index (κ2) is 4.30. The smallest absolute Gasteiger partial charge is 0.214 e. The SMILES string of the molecule is Cc1cc(-c2ncn[nH]2)cc(OC(C)C)n1. The van der Waals surface area contributed by atoms with Crippen molar-refractivity contribution in [1.82, 2.24) is 20.2 Å². The fourth-order valence-electron chi connectivity index (χ4n) is 1.42. The number of hydrogen-bond donors (Lipinski definition) is 1. The summed E-state index contributed by atoms with van der Waals surface area (Å²) in [6.45, 7) is 5.86. The highest BCUT2D eigenvalue weighted by atomic mass is 16.5. The minimum absolute atomic E-state index is 0.108. The second-order valence-electron chi connectivity index (χ2n) is 3.84. The minimum atomic E-state index is 0.108. The number of H-pyrrole nitrogens is 1. The zero-order valence-electron chi connectivity index (χ0n) is 9.56. The van der Waals surface area contributed by atoms with Crippen LogP contribution in [0.25, 0.3) is 11.4 Å². The molecule has 2 aromatic rings. The van der Waals surface area contributed by atoms with E-state index in [1.165, 1.54) is 6.33 Å². The van der Waals surface area contributed by atoms with Gasteiger partial charge in [-0.05, 0) is 26.8 Å². The van der Waals surface area contributed by atoms with Crippen molar-refractivity contribution in [2.45, 2.75) is 26.9 Å². The molecule has 2 rings (SSSR count). The van der Waals surface area contributed by atoms with Crippen molar-refractivity contribution >= 4 is 0 Å². The molecule has 2 heterocycles. The van der Waals surface area contributed by atoms with E-state index in [1.807, 2.05) is 32.9 Å². The standard InChI is InChI=1S/C11H14N4O/c1-7(2)16-10-5-9(4-8(3)14-10)11-12-6-13-15-11/h4-7H,1-3H3,(H,12,13,15). The van der Waals surface area contributed by atoms with Crippen LogP contribution in [0.4, 0.5) is 0 Å². The van der Waals surface area contributed by atoms with E-state index in [4.69, 9.17) is 4.74 Å². The van der Waals surface area contributed by atoms with E-state index in [1.54, 1.807) is 0 Å². The molecule has 0 saturated heterocycles. The Morgan fingerprint density at radius 1 is 1.31 bits per heavy atom. The number of rotatable bonds is 3. The van der Waals surface area contributed by atoms with Crippen LogP contribution in [-0.4, -0.2) is 26.3 Å². The summed E-state index contributed by atoms with van der Waals surface area (Å²) in [5.74, 6) is 1.33. The van der Waals surface area contributed by atoms with Crippen molar-refractivity contribution in [1.29, 1.82) is 0 Å². The summed E-state index contributed by atoms with van der Waals surface area (Å²) in [7, 11) is 0. The van der Waals surface area contributed by atoms with Crippen LogP contribution in [0, 0.1) is 6.92 Å². The van der Waals surface area contributed by atoms with E-state index in [0.717, 1.165) is 17.1 Å². The van der Waals surface area contributed by atoms with Gasteiger partial charge in [0.15, 0.2) is 5.82 Å². The molecule has 0 aliphatic rings. The molecule has 84 valence electrons. The normalized spacial score (nSPS) is 10.8. The van der Waals surface area contributed by atoms with E-state index >= 15 is 0 Å². The zero-order valence-corrected chi connectivity index (χ0v) is 9.56. The molecule has 5 heteroatoms. The van der Waals surface area contributed by atoms with Crippen molar-refractivity contribution in [2.75, 3.05) is 0 Å². The van der Waals surface area contributed by atoms with E-state index in [0.29, 0.717) is 5.88 Å². The number of aromatic amines is 1. The summed E-state index contributed by atoms with van der Waals surface area (Å²) in [4.78, 5) is 8.40. The molecule has 0 spiro atoms. The first-order chi connectivity index (χ1) is 7.65. The van der Waals surface area contributed by atoms with Gasteiger partial charge in [0.05, 0.1) is 6.10 Å². The molecule has 16 heavy (non-hydrogen) atoms. The van der Waals surface area contributed by atoms with E-state index in [-0.39, 0.29) is 6.10 Å². The third-order valence-corrected chi connectivity index (χ3v) is 1.97. The van der Waals surface area contributed by atoms with Crippen molar-refractivity contribution < 1.29 is 4.74 Å². The van der Waals surface area contributed by atoms with Crippen LogP contribution in [0.2, 0.25) is 0 Å². The fraction of sp³-hybridized carbons (Fsp3) is 0.364. The van der Waals surface area contributed by atoms with Gasteiger partial charge in [0.2, 0.25) is 5.88 Å². The molecule has 1 N–H and O–H groups in total. The lowest BCUT2D eigenvalue weighted by Crippen LogP contribution is -2.07. The van der Waals surface area contributed by atoms with E-state index in [2.05, 4.69) is 20.2 Å². The Morgan fingerprint density at radius 3 is 2.75 bits per heavy atom. The van der Waals surface area contributed by atoms with Gasteiger partial charge in [-0.15, -0.1) is 0 Å². The molecule has 0 atom stereocenters. The summed E-state index contributed by atoms with van der Waals surface area (Å²) in [5, 5.41) is 6.64. The van der Waals surface area contributed by atoms with Gasteiger partial charge < -0.3 is 4.74 Å². The minimum Gasteiger partial charge on any atom is -0.475 e.